The summed E-state index contributed by atoms with van der Waals surface area (Å²) in [5, 5.41) is 9.90. The van der Waals surface area contributed by atoms with Gasteiger partial charge in [0, 0.05) is 0 Å². The van der Waals surface area contributed by atoms with Crippen LogP contribution in [0.2, 0.25) is 0 Å². The molecule has 1 aliphatic carbocycles. The molecule has 2 atom stereocenters. The molecular formula is C11H18O3. The van der Waals surface area contributed by atoms with Crippen LogP contribution in [0.5, 0.6) is 0 Å². The average molecular weight is 198 g/mol. The van der Waals surface area contributed by atoms with E-state index in [4.69, 9.17) is 9.47 Å². The SMILES string of the molecule is OC(CC1CC=CC1)C1COCCO1. The number of ether oxygens (including phenoxy) is 2. The number of hydrogen-bond acceptors (Lipinski definition) is 3. The Hall–Kier alpha value is -0.380. The lowest BCUT2D eigenvalue weighted by atomic mass is 9.96. The number of aliphatic hydroxyl groups is 1. The number of aliphatic hydroxyl groups excluding tert-OH is 1. The van der Waals surface area contributed by atoms with Gasteiger partial charge in [0.2, 0.25) is 0 Å². The minimum absolute atomic E-state index is 0.107. The number of allylic oxidation sites excluding steroid dienone is 2. The fourth-order valence-electron chi connectivity index (χ4n) is 2.09. The summed E-state index contributed by atoms with van der Waals surface area (Å²) in [5.41, 5.74) is 0. The highest BCUT2D eigenvalue weighted by Crippen LogP contribution is 2.24. The maximum atomic E-state index is 9.90. The highest BCUT2D eigenvalue weighted by molar-refractivity contribution is 4.95. The van der Waals surface area contributed by atoms with E-state index < -0.39 is 0 Å². The Kier molecular flexibility index (Phi) is 3.56. The largest absolute Gasteiger partial charge is 0.390 e. The molecule has 80 valence electrons. The quantitative estimate of drug-likeness (QED) is 0.691. The first-order valence-corrected chi connectivity index (χ1v) is 5.38. The van der Waals surface area contributed by atoms with Crippen molar-refractivity contribution in [3.05, 3.63) is 12.2 Å². The molecule has 2 unspecified atom stereocenters. The van der Waals surface area contributed by atoms with Crippen LogP contribution in [0.3, 0.4) is 0 Å². The van der Waals surface area contributed by atoms with E-state index in [1.807, 2.05) is 0 Å². The zero-order chi connectivity index (χ0) is 9.80. The zero-order valence-corrected chi connectivity index (χ0v) is 8.39. The van der Waals surface area contributed by atoms with Gasteiger partial charge in [-0.05, 0) is 25.2 Å². The van der Waals surface area contributed by atoms with E-state index in [-0.39, 0.29) is 12.2 Å². The van der Waals surface area contributed by atoms with Crippen LogP contribution in [0.1, 0.15) is 19.3 Å². The molecule has 0 spiro atoms. The molecule has 14 heavy (non-hydrogen) atoms. The number of hydrogen-bond donors (Lipinski definition) is 1. The van der Waals surface area contributed by atoms with Crippen LogP contribution in [0.25, 0.3) is 0 Å². The summed E-state index contributed by atoms with van der Waals surface area (Å²) in [7, 11) is 0. The van der Waals surface area contributed by atoms with Crippen LogP contribution in [-0.2, 0) is 9.47 Å². The van der Waals surface area contributed by atoms with Crippen molar-refractivity contribution >= 4 is 0 Å². The molecule has 0 aromatic rings. The summed E-state index contributed by atoms with van der Waals surface area (Å²) in [6.07, 6.45) is 6.95. The third kappa shape index (κ3) is 2.56. The first kappa shape index (κ1) is 10.1. The van der Waals surface area contributed by atoms with Crippen molar-refractivity contribution in [2.75, 3.05) is 19.8 Å². The van der Waals surface area contributed by atoms with E-state index in [0.29, 0.717) is 25.7 Å². The lowest BCUT2D eigenvalue weighted by molar-refractivity contribution is -0.135. The molecule has 0 radical (unpaired) electrons. The summed E-state index contributed by atoms with van der Waals surface area (Å²) in [5.74, 6) is 0.607. The molecule has 1 heterocycles. The Labute approximate surface area is 84.7 Å². The van der Waals surface area contributed by atoms with Gasteiger partial charge in [-0.25, -0.2) is 0 Å². The zero-order valence-electron chi connectivity index (χ0n) is 8.39. The summed E-state index contributed by atoms with van der Waals surface area (Å²) in [6.45, 7) is 1.82. The number of rotatable bonds is 3. The van der Waals surface area contributed by atoms with E-state index in [0.717, 1.165) is 19.3 Å². The van der Waals surface area contributed by atoms with Crippen molar-refractivity contribution in [1.29, 1.82) is 0 Å². The van der Waals surface area contributed by atoms with E-state index in [9.17, 15) is 5.11 Å². The highest BCUT2D eigenvalue weighted by atomic mass is 16.6. The third-order valence-corrected chi connectivity index (χ3v) is 2.95. The van der Waals surface area contributed by atoms with Crippen molar-refractivity contribution in [2.24, 2.45) is 5.92 Å². The Bertz CT molecular complexity index is 189. The first-order chi connectivity index (χ1) is 6.86. The monoisotopic (exact) mass is 198 g/mol. The van der Waals surface area contributed by atoms with Crippen LogP contribution in [-0.4, -0.2) is 37.1 Å². The Morgan fingerprint density at radius 2 is 2.07 bits per heavy atom. The molecule has 1 aliphatic heterocycles. The molecule has 1 N–H and O–H groups in total. The standard InChI is InChI=1S/C11H18O3/c12-10(7-9-3-1-2-4-9)11-8-13-5-6-14-11/h1-2,9-12H,3-8H2. The van der Waals surface area contributed by atoms with Crippen molar-refractivity contribution in [3.63, 3.8) is 0 Å². The molecule has 0 aromatic heterocycles. The van der Waals surface area contributed by atoms with E-state index in [1.165, 1.54) is 0 Å². The molecule has 2 rings (SSSR count). The van der Waals surface area contributed by atoms with Gasteiger partial charge in [0.1, 0.15) is 6.10 Å². The van der Waals surface area contributed by atoms with Crippen molar-refractivity contribution in [2.45, 2.75) is 31.5 Å². The topological polar surface area (TPSA) is 38.7 Å². The molecule has 0 bridgehead atoms. The van der Waals surface area contributed by atoms with Gasteiger partial charge in [-0.2, -0.15) is 0 Å². The van der Waals surface area contributed by atoms with Crippen molar-refractivity contribution in [3.8, 4) is 0 Å². The second-order valence-corrected chi connectivity index (χ2v) is 4.10. The van der Waals surface area contributed by atoms with Crippen LogP contribution in [0.4, 0.5) is 0 Å². The average Bonchev–Trinajstić information content (AvgIpc) is 2.72. The smallest absolute Gasteiger partial charge is 0.107 e. The minimum Gasteiger partial charge on any atom is -0.390 e. The van der Waals surface area contributed by atoms with Crippen molar-refractivity contribution < 1.29 is 14.6 Å². The lowest BCUT2D eigenvalue weighted by Gasteiger charge is -2.28. The predicted molar refractivity (Wildman–Crippen MR) is 53.0 cm³/mol. The summed E-state index contributed by atoms with van der Waals surface area (Å²) in [4.78, 5) is 0. The highest BCUT2D eigenvalue weighted by Gasteiger charge is 2.26. The van der Waals surface area contributed by atoms with Gasteiger partial charge in [-0.1, -0.05) is 12.2 Å². The third-order valence-electron chi connectivity index (χ3n) is 2.95. The van der Waals surface area contributed by atoms with Gasteiger partial charge in [-0.15, -0.1) is 0 Å². The lowest BCUT2D eigenvalue weighted by Crippen LogP contribution is -2.39. The van der Waals surface area contributed by atoms with Crippen LogP contribution in [0.15, 0.2) is 12.2 Å². The van der Waals surface area contributed by atoms with Gasteiger partial charge in [0.05, 0.1) is 25.9 Å². The predicted octanol–water partition coefficient (Wildman–Crippen LogP) is 1.12. The van der Waals surface area contributed by atoms with Gasteiger partial charge in [-0.3, -0.25) is 0 Å². The Morgan fingerprint density at radius 3 is 2.71 bits per heavy atom. The van der Waals surface area contributed by atoms with Crippen LogP contribution in [0, 0.1) is 5.92 Å². The second-order valence-electron chi connectivity index (χ2n) is 4.10. The molecule has 3 nitrogen and oxygen atoms in total. The molecule has 1 fully saturated rings. The summed E-state index contributed by atoms with van der Waals surface area (Å²) >= 11 is 0. The molecule has 0 saturated carbocycles. The molecule has 1 saturated heterocycles. The fraction of sp³-hybridized carbons (Fsp3) is 0.818. The maximum absolute atomic E-state index is 9.90. The van der Waals surface area contributed by atoms with Gasteiger partial charge in [0.15, 0.2) is 0 Å². The van der Waals surface area contributed by atoms with Crippen molar-refractivity contribution in [1.82, 2.24) is 0 Å². The Morgan fingerprint density at radius 1 is 1.29 bits per heavy atom. The van der Waals surface area contributed by atoms with Gasteiger partial charge >= 0.3 is 0 Å². The molecular weight excluding hydrogens is 180 g/mol. The molecule has 0 amide bonds. The maximum Gasteiger partial charge on any atom is 0.107 e. The molecule has 0 aromatic carbocycles. The van der Waals surface area contributed by atoms with Crippen LogP contribution < -0.4 is 0 Å². The van der Waals surface area contributed by atoms with Gasteiger partial charge in [0.25, 0.3) is 0 Å². The molecule has 3 heteroatoms. The molecule has 2 aliphatic rings. The minimum atomic E-state index is -0.361. The fourth-order valence-corrected chi connectivity index (χ4v) is 2.09. The second kappa shape index (κ2) is 4.91. The first-order valence-electron chi connectivity index (χ1n) is 5.38. The van der Waals surface area contributed by atoms with E-state index >= 15 is 0 Å². The van der Waals surface area contributed by atoms with Crippen LogP contribution >= 0.6 is 0 Å². The van der Waals surface area contributed by atoms with E-state index in [2.05, 4.69) is 12.2 Å². The Balaban J connectivity index is 1.73. The van der Waals surface area contributed by atoms with Gasteiger partial charge < -0.3 is 14.6 Å². The summed E-state index contributed by atoms with van der Waals surface area (Å²) < 4.78 is 10.7. The normalized spacial score (nSPS) is 30.8. The van der Waals surface area contributed by atoms with E-state index in [1.54, 1.807) is 0 Å². The summed E-state index contributed by atoms with van der Waals surface area (Å²) in [6, 6.07) is 0.